The first-order valence-electron chi connectivity index (χ1n) is 3.15. The molecule has 1 rings (SSSR count). The minimum atomic E-state index is -2.41. The van der Waals surface area contributed by atoms with E-state index in [4.69, 9.17) is 0 Å². The van der Waals surface area contributed by atoms with Gasteiger partial charge in [-0.25, -0.2) is 8.78 Å². The second-order valence-electron chi connectivity index (χ2n) is 2.10. The van der Waals surface area contributed by atoms with E-state index < -0.39 is 6.43 Å². The molecule has 0 aromatic heterocycles. The van der Waals surface area contributed by atoms with Crippen molar-refractivity contribution in [3.63, 3.8) is 0 Å². The summed E-state index contributed by atoms with van der Waals surface area (Å²) in [5.74, 6) is 0. The van der Waals surface area contributed by atoms with E-state index in [-0.39, 0.29) is 5.56 Å². The van der Waals surface area contributed by atoms with Crippen molar-refractivity contribution in [3.05, 3.63) is 48.0 Å². The van der Waals surface area contributed by atoms with Crippen molar-refractivity contribution in [1.82, 2.24) is 0 Å². The van der Waals surface area contributed by atoms with Gasteiger partial charge in [0.05, 0.1) is 0 Å². The van der Waals surface area contributed by atoms with E-state index in [9.17, 15) is 8.78 Å². The van der Waals surface area contributed by atoms with E-state index in [1.54, 1.807) is 12.1 Å². The lowest BCUT2D eigenvalue weighted by molar-refractivity contribution is 0.151. The van der Waals surface area contributed by atoms with Crippen molar-refractivity contribution >= 4 is 0 Å². The van der Waals surface area contributed by atoms with Gasteiger partial charge in [-0.2, -0.15) is 0 Å². The molecule has 57 valence electrons. The third kappa shape index (κ3) is 1.87. The standard InChI is InChI=1S/C9H7F2/c1-2-7-4-3-5-8(6-7)9(10)11/h3-6,9H,1H2. The third-order valence-electron chi connectivity index (χ3n) is 1.34. The van der Waals surface area contributed by atoms with Crippen LogP contribution in [0.5, 0.6) is 0 Å². The molecule has 11 heavy (non-hydrogen) atoms. The van der Waals surface area contributed by atoms with Gasteiger partial charge in [0.25, 0.3) is 6.43 Å². The molecule has 0 aliphatic carbocycles. The molecule has 0 bridgehead atoms. The van der Waals surface area contributed by atoms with E-state index in [2.05, 4.69) is 12.7 Å². The van der Waals surface area contributed by atoms with Crippen LogP contribution in [0.25, 0.3) is 0 Å². The number of benzene rings is 1. The smallest absolute Gasteiger partial charge is 0.205 e. The molecule has 0 N–H and O–H groups in total. The Bertz CT molecular complexity index is 253. The van der Waals surface area contributed by atoms with Crippen molar-refractivity contribution in [2.45, 2.75) is 6.43 Å². The number of hydrogen-bond donors (Lipinski definition) is 0. The van der Waals surface area contributed by atoms with Crippen molar-refractivity contribution in [2.24, 2.45) is 0 Å². The summed E-state index contributed by atoms with van der Waals surface area (Å²) < 4.78 is 24.1. The van der Waals surface area contributed by atoms with E-state index in [0.717, 1.165) is 0 Å². The van der Waals surface area contributed by atoms with E-state index in [1.807, 2.05) is 0 Å². The van der Waals surface area contributed by atoms with Crippen LogP contribution in [0.4, 0.5) is 8.78 Å². The molecule has 0 aliphatic heterocycles. The maximum atomic E-state index is 12.0. The van der Waals surface area contributed by atoms with E-state index in [0.29, 0.717) is 5.56 Å². The summed E-state index contributed by atoms with van der Waals surface area (Å²) >= 11 is 0. The summed E-state index contributed by atoms with van der Waals surface area (Å²) in [4.78, 5) is 0. The molecular formula is C9H7F2. The van der Waals surface area contributed by atoms with Gasteiger partial charge in [0.2, 0.25) is 0 Å². The second kappa shape index (κ2) is 3.28. The number of hydrogen-bond acceptors (Lipinski definition) is 0. The molecular weight excluding hydrogens is 146 g/mol. The molecule has 0 fully saturated rings. The minimum Gasteiger partial charge on any atom is -0.205 e. The molecule has 0 saturated heterocycles. The Morgan fingerprint density at radius 3 is 2.64 bits per heavy atom. The Labute approximate surface area is 64.2 Å². The molecule has 0 saturated carbocycles. The zero-order valence-electron chi connectivity index (χ0n) is 5.85. The van der Waals surface area contributed by atoms with Crippen molar-refractivity contribution < 1.29 is 8.78 Å². The monoisotopic (exact) mass is 153 g/mol. The van der Waals surface area contributed by atoms with Crippen LogP contribution < -0.4 is 0 Å². The summed E-state index contributed by atoms with van der Waals surface area (Å²) in [5, 5.41) is 0. The molecule has 0 aliphatic rings. The van der Waals surface area contributed by atoms with Gasteiger partial charge in [-0.05, 0) is 17.7 Å². The number of halogens is 2. The molecule has 0 nitrogen and oxygen atoms in total. The number of alkyl halides is 2. The summed E-state index contributed by atoms with van der Waals surface area (Å²) in [6, 6.07) is 6.00. The lowest BCUT2D eigenvalue weighted by Gasteiger charge is -1.98. The average Bonchev–Trinajstić information content (AvgIpc) is 2.05. The molecule has 1 radical (unpaired) electrons. The summed E-state index contributed by atoms with van der Waals surface area (Å²) in [7, 11) is 0. The highest BCUT2D eigenvalue weighted by Crippen LogP contribution is 2.18. The fraction of sp³-hybridized carbons (Fsp3) is 0.111. The van der Waals surface area contributed by atoms with Crippen LogP contribution in [-0.4, -0.2) is 0 Å². The predicted octanol–water partition coefficient (Wildman–Crippen LogP) is 2.96. The van der Waals surface area contributed by atoms with Crippen molar-refractivity contribution in [1.29, 1.82) is 0 Å². The van der Waals surface area contributed by atoms with Crippen LogP contribution in [-0.2, 0) is 0 Å². The molecule has 0 atom stereocenters. The molecule has 0 amide bonds. The van der Waals surface area contributed by atoms with Crippen molar-refractivity contribution in [2.75, 3.05) is 0 Å². The molecule has 0 heterocycles. The number of rotatable bonds is 2. The van der Waals surface area contributed by atoms with Crippen LogP contribution in [0.3, 0.4) is 0 Å². The Kier molecular flexibility index (Phi) is 2.36. The van der Waals surface area contributed by atoms with Gasteiger partial charge in [-0.1, -0.05) is 24.8 Å². The lowest BCUT2D eigenvalue weighted by atomic mass is 10.1. The molecule has 2 heteroatoms. The highest BCUT2D eigenvalue weighted by Gasteiger charge is 2.05. The first-order valence-corrected chi connectivity index (χ1v) is 3.15. The minimum absolute atomic E-state index is 0.0126. The zero-order chi connectivity index (χ0) is 8.27. The first kappa shape index (κ1) is 7.92. The third-order valence-corrected chi connectivity index (χ3v) is 1.34. The molecule has 1 aromatic rings. The van der Waals surface area contributed by atoms with Crippen LogP contribution in [0.1, 0.15) is 17.6 Å². The van der Waals surface area contributed by atoms with E-state index in [1.165, 1.54) is 12.1 Å². The lowest BCUT2D eigenvalue weighted by Crippen LogP contribution is -1.83. The predicted molar refractivity (Wildman–Crippen MR) is 39.4 cm³/mol. The highest BCUT2D eigenvalue weighted by atomic mass is 19.3. The van der Waals surface area contributed by atoms with Crippen LogP contribution in [0.15, 0.2) is 30.8 Å². The normalized spacial score (nSPS) is 10.1. The topological polar surface area (TPSA) is 0 Å². The van der Waals surface area contributed by atoms with Gasteiger partial charge in [-0.15, -0.1) is 0 Å². The van der Waals surface area contributed by atoms with Crippen LogP contribution in [0, 0.1) is 6.08 Å². The average molecular weight is 153 g/mol. The first-order chi connectivity index (χ1) is 5.24. The van der Waals surface area contributed by atoms with E-state index >= 15 is 0 Å². The largest absolute Gasteiger partial charge is 0.263 e. The summed E-state index contributed by atoms with van der Waals surface area (Å²) in [5.41, 5.74) is 0.612. The van der Waals surface area contributed by atoms with Crippen LogP contribution in [0.2, 0.25) is 0 Å². The Morgan fingerprint density at radius 1 is 1.36 bits per heavy atom. The fourth-order valence-electron chi connectivity index (χ4n) is 0.784. The van der Waals surface area contributed by atoms with Gasteiger partial charge in [0, 0.05) is 5.56 Å². The SMILES string of the molecule is C=[C]c1cccc(C(F)F)c1. The summed E-state index contributed by atoms with van der Waals surface area (Å²) in [6.45, 7) is 3.36. The maximum Gasteiger partial charge on any atom is 0.263 e. The Morgan fingerprint density at radius 2 is 2.09 bits per heavy atom. The Balaban J connectivity index is 3.00. The molecule has 0 unspecified atom stereocenters. The summed E-state index contributed by atoms with van der Waals surface area (Å²) in [6.07, 6.45) is 0.125. The second-order valence-corrected chi connectivity index (χ2v) is 2.10. The Hall–Kier alpha value is -1.18. The van der Waals surface area contributed by atoms with Gasteiger partial charge in [0.15, 0.2) is 0 Å². The molecule has 1 aromatic carbocycles. The van der Waals surface area contributed by atoms with Gasteiger partial charge in [0.1, 0.15) is 0 Å². The highest BCUT2D eigenvalue weighted by molar-refractivity contribution is 5.27. The van der Waals surface area contributed by atoms with Gasteiger partial charge >= 0.3 is 0 Å². The zero-order valence-corrected chi connectivity index (χ0v) is 5.85. The van der Waals surface area contributed by atoms with Gasteiger partial charge < -0.3 is 0 Å². The van der Waals surface area contributed by atoms with Crippen LogP contribution >= 0.6 is 0 Å². The maximum absolute atomic E-state index is 12.0. The van der Waals surface area contributed by atoms with Gasteiger partial charge in [-0.3, -0.25) is 0 Å². The fourth-order valence-corrected chi connectivity index (χ4v) is 0.784. The quantitative estimate of drug-likeness (QED) is 0.612. The molecule has 0 spiro atoms. The van der Waals surface area contributed by atoms with Crippen molar-refractivity contribution in [3.8, 4) is 0 Å².